The van der Waals surface area contributed by atoms with Crippen LogP contribution in [0.3, 0.4) is 0 Å². The van der Waals surface area contributed by atoms with E-state index >= 15 is 0 Å². The van der Waals surface area contributed by atoms with E-state index in [4.69, 9.17) is 11.6 Å². The van der Waals surface area contributed by atoms with E-state index in [1.807, 2.05) is 0 Å². The summed E-state index contributed by atoms with van der Waals surface area (Å²) >= 11 is 6.27. The zero-order chi connectivity index (χ0) is 23.9. The van der Waals surface area contributed by atoms with Crippen molar-refractivity contribution in [3.8, 4) is 0 Å². The van der Waals surface area contributed by atoms with E-state index < -0.39 is 34.3 Å². The molecule has 0 fully saturated rings. The third-order valence-corrected chi connectivity index (χ3v) is 6.32. The van der Waals surface area contributed by atoms with Gasteiger partial charge in [-0.2, -0.15) is 0 Å². The molecule has 2 aromatic rings. The number of carbonyl (C=O) groups excluding carboxylic acids is 2. The van der Waals surface area contributed by atoms with Gasteiger partial charge in [-0.1, -0.05) is 42.8 Å². The predicted octanol–water partition coefficient (Wildman–Crippen LogP) is 3.19. The summed E-state index contributed by atoms with van der Waals surface area (Å²) in [6.07, 6.45) is 1.24. The minimum atomic E-state index is -3.91. The number of carbonyl (C=O) groups is 2. The molecule has 1 N–H and O–H groups in total. The average Bonchev–Trinajstić information content (AvgIpc) is 2.72. The van der Waals surface area contributed by atoms with Crippen molar-refractivity contribution < 1.29 is 22.4 Å². The lowest BCUT2D eigenvalue weighted by Crippen LogP contribution is -2.52. The Bertz CT molecular complexity index is 1060. The van der Waals surface area contributed by atoms with Crippen LogP contribution >= 0.6 is 11.6 Å². The molecule has 0 heterocycles. The summed E-state index contributed by atoms with van der Waals surface area (Å²) in [7, 11) is -3.91. The van der Waals surface area contributed by atoms with E-state index in [2.05, 4.69) is 5.32 Å². The smallest absolute Gasteiger partial charge is 0.244 e. The highest BCUT2D eigenvalue weighted by molar-refractivity contribution is 7.92. The first-order chi connectivity index (χ1) is 15.1. The van der Waals surface area contributed by atoms with Gasteiger partial charge in [0, 0.05) is 18.1 Å². The van der Waals surface area contributed by atoms with Gasteiger partial charge in [0.2, 0.25) is 21.8 Å². The van der Waals surface area contributed by atoms with Gasteiger partial charge in [0.25, 0.3) is 0 Å². The molecule has 0 aliphatic heterocycles. The lowest BCUT2D eigenvalue weighted by atomic mass is 10.1. The van der Waals surface area contributed by atoms with E-state index in [-0.39, 0.29) is 18.1 Å². The van der Waals surface area contributed by atoms with Gasteiger partial charge in [-0.15, -0.1) is 0 Å². The second-order valence-corrected chi connectivity index (χ2v) is 9.50. The second kappa shape index (κ2) is 11.3. The molecular formula is C22H27ClFN3O4S. The van der Waals surface area contributed by atoms with Crippen molar-refractivity contribution in [1.29, 1.82) is 0 Å². The lowest BCUT2D eigenvalue weighted by molar-refractivity contribution is -0.140. The van der Waals surface area contributed by atoms with Gasteiger partial charge >= 0.3 is 0 Å². The van der Waals surface area contributed by atoms with Gasteiger partial charge < -0.3 is 10.2 Å². The lowest BCUT2D eigenvalue weighted by Gasteiger charge is -2.33. The summed E-state index contributed by atoms with van der Waals surface area (Å²) in [4.78, 5) is 27.4. The molecule has 1 atom stereocenters. The minimum absolute atomic E-state index is 0.00883. The number of halogens is 2. The van der Waals surface area contributed by atoms with Crippen molar-refractivity contribution in [3.05, 3.63) is 64.9 Å². The van der Waals surface area contributed by atoms with Crippen LogP contribution in [0, 0.1) is 5.82 Å². The molecule has 0 saturated heterocycles. The topological polar surface area (TPSA) is 86.8 Å². The Hall–Kier alpha value is -2.65. The van der Waals surface area contributed by atoms with Gasteiger partial charge in [0.15, 0.2) is 0 Å². The van der Waals surface area contributed by atoms with Crippen LogP contribution < -0.4 is 9.62 Å². The molecule has 0 aliphatic rings. The second-order valence-electron chi connectivity index (χ2n) is 7.18. The zero-order valence-corrected chi connectivity index (χ0v) is 19.8. The van der Waals surface area contributed by atoms with Crippen LogP contribution in [0.1, 0.15) is 25.8 Å². The average molecular weight is 484 g/mol. The minimum Gasteiger partial charge on any atom is -0.355 e. The summed E-state index contributed by atoms with van der Waals surface area (Å²) in [5, 5.41) is 3.13. The van der Waals surface area contributed by atoms with Crippen molar-refractivity contribution >= 4 is 39.1 Å². The number of amides is 2. The summed E-state index contributed by atoms with van der Waals surface area (Å²) < 4.78 is 39.4. The Labute approximate surface area is 193 Å². The van der Waals surface area contributed by atoms with Crippen molar-refractivity contribution in [2.75, 3.05) is 23.7 Å². The molecule has 0 radical (unpaired) electrons. The molecule has 174 valence electrons. The highest BCUT2D eigenvalue weighted by Gasteiger charge is 2.31. The van der Waals surface area contributed by atoms with Crippen molar-refractivity contribution in [3.63, 3.8) is 0 Å². The third-order valence-electron chi connectivity index (χ3n) is 4.81. The molecule has 32 heavy (non-hydrogen) atoms. The highest BCUT2D eigenvalue weighted by atomic mass is 35.5. The monoisotopic (exact) mass is 483 g/mol. The predicted molar refractivity (Wildman–Crippen MR) is 123 cm³/mol. The maximum Gasteiger partial charge on any atom is 0.244 e. The molecule has 0 spiro atoms. The van der Waals surface area contributed by atoms with E-state index in [0.717, 1.165) is 16.6 Å². The fraction of sp³-hybridized carbons (Fsp3) is 0.364. The molecule has 2 aromatic carbocycles. The Morgan fingerprint density at radius 2 is 1.81 bits per heavy atom. The maximum absolute atomic E-state index is 13.7. The van der Waals surface area contributed by atoms with Crippen LogP contribution in [0.5, 0.6) is 0 Å². The summed E-state index contributed by atoms with van der Waals surface area (Å²) in [5.74, 6) is -1.60. The third kappa shape index (κ3) is 6.67. The normalized spacial score (nSPS) is 12.2. The zero-order valence-electron chi connectivity index (χ0n) is 18.2. The maximum atomic E-state index is 13.7. The molecule has 0 aromatic heterocycles. The molecule has 10 heteroatoms. The molecule has 0 saturated carbocycles. The fourth-order valence-corrected chi connectivity index (χ4v) is 4.30. The summed E-state index contributed by atoms with van der Waals surface area (Å²) in [6.45, 7) is 3.31. The molecule has 2 amide bonds. The van der Waals surface area contributed by atoms with Crippen LogP contribution in [0.2, 0.25) is 5.02 Å². The Kier molecular flexibility index (Phi) is 9.03. The van der Waals surface area contributed by atoms with Crippen molar-refractivity contribution in [1.82, 2.24) is 10.2 Å². The number of rotatable bonds is 10. The molecule has 7 nitrogen and oxygen atoms in total. The number of nitrogens with zero attached hydrogens (tertiary/aromatic N) is 2. The first-order valence-electron chi connectivity index (χ1n) is 10.1. The molecular weight excluding hydrogens is 457 g/mol. The quantitative estimate of drug-likeness (QED) is 0.562. The number of hydrogen-bond donors (Lipinski definition) is 1. The van der Waals surface area contributed by atoms with Gasteiger partial charge in [0.05, 0.1) is 11.9 Å². The van der Waals surface area contributed by atoms with E-state index in [0.29, 0.717) is 23.6 Å². The molecule has 0 aliphatic carbocycles. The SMILES string of the molecule is CCNC(=O)[C@@H](CC)N(Cc1ccccc1Cl)C(=O)CN(c1cccc(F)c1)S(C)(=O)=O. The summed E-state index contributed by atoms with van der Waals surface area (Å²) in [5.41, 5.74) is 0.631. The van der Waals surface area contributed by atoms with E-state index in [1.54, 1.807) is 38.1 Å². The fourth-order valence-electron chi connectivity index (χ4n) is 3.27. The number of hydrogen-bond acceptors (Lipinski definition) is 4. The molecule has 2 rings (SSSR count). The van der Waals surface area contributed by atoms with E-state index in [9.17, 15) is 22.4 Å². The Balaban J connectivity index is 2.45. The molecule has 0 unspecified atom stereocenters. The highest BCUT2D eigenvalue weighted by Crippen LogP contribution is 2.22. The number of nitrogens with one attached hydrogen (secondary N) is 1. The largest absolute Gasteiger partial charge is 0.355 e. The number of likely N-dealkylation sites (N-methyl/N-ethyl adjacent to an activating group) is 1. The van der Waals surface area contributed by atoms with Gasteiger partial charge in [-0.05, 0) is 43.2 Å². The van der Waals surface area contributed by atoms with Crippen LogP contribution in [-0.4, -0.2) is 50.5 Å². The number of anilines is 1. The number of sulfonamides is 1. The van der Waals surface area contributed by atoms with Crippen LogP contribution in [0.15, 0.2) is 48.5 Å². The van der Waals surface area contributed by atoms with Crippen LogP contribution in [-0.2, 0) is 26.2 Å². The van der Waals surface area contributed by atoms with Gasteiger partial charge in [0.1, 0.15) is 18.4 Å². The van der Waals surface area contributed by atoms with Gasteiger partial charge in [-0.3, -0.25) is 13.9 Å². The van der Waals surface area contributed by atoms with Crippen molar-refractivity contribution in [2.45, 2.75) is 32.9 Å². The summed E-state index contributed by atoms with van der Waals surface area (Å²) in [6, 6.07) is 11.0. The van der Waals surface area contributed by atoms with Crippen molar-refractivity contribution in [2.24, 2.45) is 0 Å². The first kappa shape index (κ1) is 25.6. The van der Waals surface area contributed by atoms with Crippen LogP contribution in [0.25, 0.3) is 0 Å². The Morgan fingerprint density at radius 3 is 2.38 bits per heavy atom. The number of benzene rings is 2. The van der Waals surface area contributed by atoms with Gasteiger partial charge in [-0.25, -0.2) is 12.8 Å². The van der Waals surface area contributed by atoms with E-state index in [1.165, 1.54) is 23.1 Å². The first-order valence-corrected chi connectivity index (χ1v) is 12.3. The molecule has 0 bridgehead atoms. The Morgan fingerprint density at radius 1 is 1.12 bits per heavy atom. The standard InChI is InChI=1S/C22H27ClFN3O4S/c1-4-20(22(29)25-5-2)26(14-16-9-6-7-12-19(16)23)21(28)15-27(32(3,30)31)18-11-8-10-17(24)13-18/h6-13,20H,4-5,14-15H2,1-3H3,(H,25,29)/t20-/m1/s1. The van der Waals surface area contributed by atoms with Crippen LogP contribution in [0.4, 0.5) is 10.1 Å².